The van der Waals surface area contributed by atoms with Crippen molar-refractivity contribution in [2.45, 2.75) is 43.5 Å². The molecular weight excluding hydrogens is 233 g/mol. The second-order valence-electron chi connectivity index (χ2n) is 5.20. The lowest BCUT2D eigenvalue weighted by Crippen LogP contribution is -2.39. The molecule has 0 aliphatic carbocycles. The maximum atomic E-state index is 13.4. The zero-order chi connectivity index (χ0) is 12.8. The van der Waals surface area contributed by atoms with E-state index in [1.807, 2.05) is 6.07 Å². The second kappa shape index (κ2) is 4.04. The number of halogens is 1. The molecule has 1 N–H and O–H groups in total. The summed E-state index contributed by atoms with van der Waals surface area (Å²) in [7, 11) is 0. The van der Waals surface area contributed by atoms with Crippen LogP contribution in [0.3, 0.4) is 0 Å². The Balaban J connectivity index is 2.03. The number of rotatable bonds is 1. The Morgan fingerprint density at radius 3 is 2.61 bits per heavy atom. The van der Waals surface area contributed by atoms with E-state index in [0.717, 1.165) is 12.8 Å². The Kier molecular flexibility index (Phi) is 2.61. The third kappa shape index (κ3) is 1.80. The first-order chi connectivity index (χ1) is 8.60. The predicted octanol–water partition coefficient (Wildman–Crippen LogP) is 2.23. The molecule has 0 amide bonds. The van der Waals surface area contributed by atoms with Crippen molar-refractivity contribution in [3.05, 3.63) is 35.1 Å². The van der Waals surface area contributed by atoms with Gasteiger partial charge in [-0.15, -0.1) is 0 Å². The summed E-state index contributed by atoms with van der Waals surface area (Å²) in [5.41, 5.74) is -0.373. The van der Waals surface area contributed by atoms with Crippen molar-refractivity contribution in [2.24, 2.45) is 0 Å². The van der Waals surface area contributed by atoms with Gasteiger partial charge >= 0.3 is 0 Å². The molecule has 0 saturated carbocycles. The molecule has 18 heavy (non-hydrogen) atoms. The van der Waals surface area contributed by atoms with Crippen molar-refractivity contribution in [1.82, 2.24) is 0 Å². The first-order valence-corrected chi connectivity index (χ1v) is 6.19. The standard InChI is InChI=1S/C14H14FNO2/c15-10-2-1-9(8-16)13(5-10)14(17)6-11-3-4-12(7-14)18-11/h1-2,5,11-12,17H,3-4,6-7H2. The van der Waals surface area contributed by atoms with E-state index in [1.165, 1.54) is 18.2 Å². The molecule has 3 rings (SSSR count). The SMILES string of the molecule is N#Cc1ccc(F)cc1C1(O)CC2CCC(C1)O2. The van der Waals surface area contributed by atoms with Gasteiger partial charge in [0.25, 0.3) is 0 Å². The Morgan fingerprint density at radius 2 is 2.00 bits per heavy atom. The number of aliphatic hydroxyl groups is 1. The second-order valence-corrected chi connectivity index (χ2v) is 5.20. The van der Waals surface area contributed by atoms with Crippen molar-refractivity contribution in [3.8, 4) is 6.07 Å². The quantitative estimate of drug-likeness (QED) is 0.828. The van der Waals surface area contributed by atoms with Crippen LogP contribution in [0.1, 0.15) is 36.8 Å². The van der Waals surface area contributed by atoms with Crippen LogP contribution >= 0.6 is 0 Å². The molecule has 2 unspecified atom stereocenters. The number of hydrogen-bond donors (Lipinski definition) is 1. The Morgan fingerprint density at radius 1 is 1.33 bits per heavy atom. The van der Waals surface area contributed by atoms with E-state index in [0.29, 0.717) is 24.0 Å². The van der Waals surface area contributed by atoms with Gasteiger partial charge < -0.3 is 9.84 Å². The van der Waals surface area contributed by atoms with E-state index in [4.69, 9.17) is 10.00 Å². The van der Waals surface area contributed by atoms with Crippen LogP contribution in [0.4, 0.5) is 4.39 Å². The van der Waals surface area contributed by atoms with Gasteiger partial charge in [-0.3, -0.25) is 0 Å². The first kappa shape index (κ1) is 11.6. The summed E-state index contributed by atoms with van der Waals surface area (Å²) in [6.07, 6.45) is 2.82. The maximum absolute atomic E-state index is 13.4. The summed E-state index contributed by atoms with van der Waals surface area (Å²) in [5, 5.41) is 19.8. The van der Waals surface area contributed by atoms with Crippen LogP contribution in [0, 0.1) is 17.1 Å². The molecule has 2 aliphatic rings. The molecule has 0 aromatic heterocycles. The highest BCUT2D eigenvalue weighted by atomic mass is 19.1. The third-order valence-corrected chi connectivity index (χ3v) is 3.93. The predicted molar refractivity (Wildman–Crippen MR) is 62.1 cm³/mol. The van der Waals surface area contributed by atoms with Crippen LogP contribution in [0.15, 0.2) is 18.2 Å². The number of fused-ring (bicyclic) bond motifs is 2. The summed E-state index contributed by atoms with van der Waals surface area (Å²) in [4.78, 5) is 0. The molecule has 2 atom stereocenters. The number of ether oxygens (including phenoxy) is 1. The third-order valence-electron chi connectivity index (χ3n) is 3.93. The highest BCUT2D eigenvalue weighted by molar-refractivity contribution is 5.42. The van der Waals surface area contributed by atoms with Gasteiger partial charge in [-0.25, -0.2) is 4.39 Å². The maximum Gasteiger partial charge on any atom is 0.123 e. The van der Waals surface area contributed by atoms with Crippen molar-refractivity contribution in [2.75, 3.05) is 0 Å². The van der Waals surface area contributed by atoms with E-state index in [2.05, 4.69) is 0 Å². The lowest BCUT2D eigenvalue weighted by atomic mass is 9.81. The number of nitriles is 1. The van der Waals surface area contributed by atoms with E-state index < -0.39 is 11.4 Å². The summed E-state index contributed by atoms with van der Waals surface area (Å²) in [6.45, 7) is 0. The van der Waals surface area contributed by atoms with Crippen LogP contribution < -0.4 is 0 Å². The number of benzene rings is 1. The average Bonchev–Trinajstić information content (AvgIpc) is 2.69. The minimum atomic E-state index is -1.13. The fourth-order valence-electron chi connectivity index (χ4n) is 3.14. The van der Waals surface area contributed by atoms with Gasteiger partial charge in [0.05, 0.1) is 29.4 Å². The molecule has 4 heteroatoms. The highest BCUT2D eigenvalue weighted by Gasteiger charge is 2.45. The van der Waals surface area contributed by atoms with Crippen LogP contribution in [0.5, 0.6) is 0 Å². The van der Waals surface area contributed by atoms with Crippen molar-refractivity contribution >= 4 is 0 Å². The Hall–Kier alpha value is -1.44. The fourth-order valence-corrected chi connectivity index (χ4v) is 3.14. The molecule has 3 nitrogen and oxygen atoms in total. The van der Waals surface area contributed by atoms with Crippen LogP contribution in [0.25, 0.3) is 0 Å². The van der Waals surface area contributed by atoms with Crippen LogP contribution in [-0.4, -0.2) is 17.3 Å². The topological polar surface area (TPSA) is 53.2 Å². The zero-order valence-corrected chi connectivity index (χ0v) is 9.90. The summed E-state index contributed by atoms with van der Waals surface area (Å²) < 4.78 is 19.0. The fraction of sp³-hybridized carbons (Fsp3) is 0.500. The van der Waals surface area contributed by atoms with E-state index in [-0.39, 0.29) is 12.2 Å². The monoisotopic (exact) mass is 247 g/mol. The summed E-state index contributed by atoms with van der Waals surface area (Å²) in [6, 6.07) is 5.99. The highest BCUT2D eigenvalue weighted by Crippen LogP contribution is 2.44. The van der Waals surface area contributed by atoms with Gasteiger partial charge in [0.1, 0.15) is 5.82 Å². The van der Waals surface area contributed by atoms with E-state index in [1.54, 1.807) is 0 Å². The van der Waals surface area contributed by atoms with Gasteiger partial charge in [0, 0.05) is 18.4 Å². The number of nitrogens with zero attached hydrogens (tertiary/aromatic N) is 1. The van der Waals surface area contributed by atoms with Gasteiger partial charge in [-0.1, -0.05) is 0 Å². The van der Waals surface area contributed by atoms with Crippen LogP contribution in [-0.2, 0) is 10.3 Å². The first-order valence-electron chi connectivity index (χ1n) is 6.19. The van der Waals surface area contributed by atoms with Crippen molar-refractivity contribution in [3.63, 3.8) is 0 Å². The number of hydrogen-bond acceptors (Lipinski definition) is 3. The smallest absolute Gasteiger partial charge is 0.123 e. The molecule has 0 spiro atoms. The van der Waals surface area contributed by atoms with Gasteiger partial charge in [-0.2, -0.15) is 5.26 Å². The minimum absolute atomic E-state index is 0.0311. The average molecular weight is 247 g/mol. The van der Waals surface area contributed by atoms with Gasteiger partial charge in [-0.05, 0) is 31.0 Å². The van der Waals surface area contributed by atoms with Gasteiger partial charge in [0.2, 0.25) is 0 Å². The minimum Gasteiger partial charge on any atom is -0.385 e. The largest absolute Gasteiger partial charge is 0.385 e. The normalized spacial score (nSPS) is 34.3. The zero-order valence-electron chi connectivity index (χ0n) is 9.90. The lowest BCUT2D eigenvalue weighted by molar-refractivity contribution is -0.115. The van der Waals surface area contributed by atoms with Crippen LogP contribution in [0.2, 0.25) is 0 Å². The van der Waals surface area contributed by atoms with Gasteiger partial charge in [0.15, 0.2) is 0 Å². The molecule has 2 fully saturated rings. The molecule has 2 heterocycles. The van der Waals surface area contributed by atoms with Crippen molar-refractivity contribution < 1.29 is 14.2 Å². The molecular formula is C14H14FNO2. The summed E-state index contributed by atoms with van der Waals surface area (Å²) in [5.74, 6) is -0.420. The molecule has 1 aromatic rings. The molecule has 2 saturated heterocycles. The summed E-state index contributed by atoms with van der Waals surface area (Å²) >= 11 is 0. The Bertz CT molecular complexity index is 511. The molecule has 94 valence electrons. The molecule has 2 aliphatic heterocycles. The lowest BCUT2D eigenvalue weighted by Gasteiger charge is -2.37. The molecule has 2 bridgehead atoms. The molecule has 1 aromatic carbocycles. The van der Waals surface area contributed by atoms with Crippen molar-refractivity contribution in [1.29, 1.82) is 5.26 Å². The van der Waals surface area contributed by atoms with E-state index in [9.17, 15) is 9.50 Å². The Labute approximate surface area is 105 Å². The van der Waals surface area contributed by atoms with E-state index >= 15 is 0 Å². The molecule has 0 radical (unpaired) electrons.